The van der Waals surface area contributed by atoms with Crippen molar-refractivity contribution in [1.82, 2.24) is 4.90 Å². The van der Waals surface area contributed by atoms with Crippen molar-refractivity contribution in [2.45, 2.75) is 18.4 Å². The van der Waals surface area contributed by atoms with Gasteiger partial charge in [0, 0.05) is 6.54 Å². The highest BCUT2D eigenvalue weighted by atomic mass is 79.9. The third kappa shape index (κ3) is 2.28. The van der Waals surface area contributed by atoms with Crippen molar-refractivity contribution in [3.8, 4) is 0 Å². The molecule has 0 spiro atoms. The summed E-state index contributed by atoms with van der Waals surface area (Å²) in [6, 6.07) is 1.61. The topological polar surface area (TPSA) is 96.8 Å². The van der Waals surface area contributed by atoms with Crippen LogP contribution in [0.15, 0.2) is 21.2 Å². The van der Waals surface area contributed by atoms with E-state index in [1.54, 1.807) is 6.07 Å². The van der Waals surface area contributed by atoms with E-state index in [0.717, 1.165) is 0 Å². The van der Waals surface area contributed by atoms with Gasteiger partial charge in [-0.1, -0.05) is 0 Å². The number of nitrogens with zero attached hydrogens (tertiary/aromatic N) is 1. The molecule has 0 bridgehead atoms. The second-order valence-corrected chi connectivity index (χ2v) is 5.18. The second-order valence-electron chi connectivity index (χ2n) is 4.32. The lowest BCUT2D eigenvalue weighted by molar-refractivity contribution is -0.140. The Hall–Kier alpha value is -1.34. The number of hydrogen-bond donors (Lipinski definition) is 2. The Morgan fingerprint density at radius 1 is 1.56 bits per heavy atom. The number of halogens is 1. The highest BCUT2D eigenvalue weighted by molar-refractivity contribution is 9.10. The first-order valence-corrected chi connectivity index (χ1v) is 6.28. The van der Waals surface area contributed by atoms with Gasteiger partial charge in [-0.05, 0) is 34.8 Å². The van der Waals surface area contributed by atoms with Crippen LogP contribution >= 0.6 is 15.9 Å². The summed E-state index contributed by atoms with van der Waals surface area (Å²) >= 11 is 3.20. The maximum absolute atomic E-state index is 12.1. The number of carbonyl (C=O) groups excluding carboxylic acids is 2. The highest BCUT2D eigenvalue weighted by Gasteiger charge is 2.41. The number of carbonyl (C=O) groups is 2. The number of β-amino-alcohol motifs (C(OH)–C–C–N with tert-alkyl or cyclic N) is 1. The number of hydrogen-bond acceptors (Lipinski definition) is 4. The number of likely N-dealkylation sites (tertiary alicyclic amines) is 1. The molecule has 7 heteroatoms. The predicted molar refractivity (Wildman–Crippen MR) is 65.7 cm³/mol. The van der Waals surface area contributed by atoms with Crippen LogP contribution in [0.1, 0.15) is 23.4 Å². The van der Waals surface area contributed by atoms with E-state index >= 15 is 0 Å². The first-order valence-electron chi connectivity index (χ1n) is 5.48. The SMILES string of the molecule is NC(=O)[C@@]1(O)CCCN(C(=O)c2occc2Br)C1. The summed E-state index contributed by atoms with van der Waals surface area (Å²) in [5, 5.41) is 10.0. The van der Waals surface area contributed by atoms with E-state index in [1.807, 2.05) is 0 Å². The van der Waals surface area contributed by atoms with Gasteiger partial charge in [0.05, 0.1) is 17.3 Å². The van der Waals surface area contributed by atoms with E-state index in [9.17, 15) is 14.7 Å². The van der Waals surface area contributed by atoms with E-state index in [0.29, 0.717) is 17.4 Å². The van der Waals surface area contributed by atoms with Crippen molar-refractivity contribution in [3.05, 3.63) is 22.6 Å². The first kappa shape index (κ1) is 13.1. The molecular formula is C11H13BrN2O4. The molecule has 1 atom stereocenters. The summed E-state index contributed by atoms with van der Waals surface area (Å²) in [5.74, 6) is -1.02. The Labute approximate surface area is 112 Å². The van der Waals surface area contributed by atoms with Gasteiger partial charge in [-0.2, -0.15) is 0 Å². The van der Waals surface area contributed by atoms with Crippen molar-refractivity contribution in [3.63, 3.8) is 0 Å². The van der Waals surface area contributed by atoms with Gasteiger partial charge in [0.1, 0.15) is 0 Å². The van der Waals surface area contributed by atoms with E-state index in [1.165, 1.54) is 11.2 Å². The van der Waals surface area contributed by atoms with Crippen LogP contribution < -0.4 is 5.73 Å². The second kappa shape index (κ2) is 4.74. The van der Waals surface area contributed by atoms with E-state index in [4.69, 9.17) is 10.2 Å². The normalized spacial score (nSPS) is 24.0. The maximum atomic E-state index is 12.1. The number of primary amides is 1. The Balaban J connectivity index is 2.17. The fraction of sp³-hybridized carbons (Fsp3) is 0.455. The fourth-order valence-corrected chi connectivity index (χ4v) is 2.37. The van der Waals surface area contributed by atoms with Crippen LogP contribution in [0.5, 0.6) is 0 Å². The van der Waals surface area contributed by atoms with Crippen LogP contribution in [0, 0.1) is 0 Å². The molecule has 2 rings (SSSR count). The third-order valence-electron chi connectivity index (χ3n) is 3.03. The predicted octanol–water partition coefficient (Wildman–Crippen LogP) is 0.494. The average molecular weight is 317 g/mol. The quantitative estimate of drug-likeness (QED) is 0.830. The summed E-state index contributed by atoms with van der Waals surface area (Å²) in [6.45, 7) is 0.357. The Morgan fingerprint density at radius 2 is 2.28 bits per heavy atom. The minimum atomic E-state index is -1.65. The zero-order valence-corrected chi connectivity index (χ0v) is 11.1. The number of piperidine rings is 1. The molecule has 1 aliphatic rings. The molecule has 1 aromatic heterocycles. The number of aliphatic hydroxyl groups is 1. The molecule has 0 aromatic carbocycles. The molecule has 2 heterocycles. The number of amides is 2. The zero-order valence-electron chi connectivity index (χ0n) is 9.56. The van der Waals surface area contributed by atoms with Crippen LogP contribution in [-0.2, 0) is 4.79 Å². The summed E-state index contributed by atoms with van der Waals surface area (Å²) in [4.78, 5) is 24.7. The van der Waals surface area contributed by atoms with Gasteiger partial charge in [0.2, 0.25) is 5.76 Å². The van der Waals surface area contributed by atoms with Crippen LogP contribution in [0.2, 0.25) is 0 Å². The molecule has 2 amide bonds. The lowest BCUT2D eigenvalue weighted by Gasteiger charge is -2.36. The summed E-state index contributed by atoms with van der Waals surface area (Å²) in [5.41, 5.74) is 3.51. The van der Waals surface area contributed by atoms with Gasteiger partial charge in [-0.25, -0.2) is 0 Å². The summed E-state index contributed by atoms with van der Waals surface area (Å²) in [7, 11) is 0. The number of rotatable bonds is 2. The highest BCUT2D eigenvalue weighted by Crippen LogP contribution is 2.25. The fourth-order valence-electron chi connectivity index (χ4n) is 2.00. The van der Waals surface area contributed by atoms with Gasteiger partial charge in [0.25, 0.3) is 11.8 Å². The molecule has 0 unspecified atom stereocenters. The van der Waals surface area contributed by atoms with Crippen LogP contribution in [0.25, 0.3) is 0 Å². The summed E-state index contributed by atoms with van der Waals surface area (Å²) in [6.07, 6.45) is 2.18. The Bertz CT molecular complexity index is 487. The van der Waals surface area contributed by atoms with Gasteiger partial charge in [-0.15, -0.1) is 0 Å². The molecule has 1 aliphatic heterocycles. The van der Waals surface area contributed by atoms with Gasteiger partial charge >= 0.3 is 0 Å². The van der Waals surface area contributed by atoms with Crippen molar-refractivity contribution in [2.75, 3.05) is 13.1 Å². The van der Waals surface area contributed by atoms with Gasteiger partial charge < -0.3 is 20.2 Å². The van der Waals surface area contributed by atoms with Crippen molar-refractivity contribution < 1.29 is 19.1 Å². The van der Waals surface area contributed by atoms with Gasteiger partial charge in [0.15, 0.2) is 5.60 Å². The molecule has 6 nitrogen and oxygen atoms in total. The van der Waals surface area contributed by atoms with E-state index in [-0.39, 0.29) is 24.6 Å². The van der Waals surface area contributed by atoms with E-state index in [2.05, 4.69) is 15.9 Å². The molecule has 0 aliphatic carbocycles. The van der Waals surface area contributed by atoms with Gasteiger partial charge in [-0.3, -0.25) is 9.59 Å². The molecule has 1 aromatic rings. The average Bonchev–Trinajstić information content (AvgIpc) is 2.74. The molecule has 1 saturated heterocycles. The smallest absolute Gasteiger partial charge is 0.290 e. The lowest BCUT2D eigenvalue weighted by Crippen LogP contribution is -2.57. The molecule has 0 radical (unpaired) electrons. The van der Waals surface area contributed by atoms with Crippen LogP contribution in [0.4, 0.5) is 0 Å². The lowest BCUT2D eigenvalue weighted by atomic mass is 9.92. The molecule has 98 valence electrons. The molecule has 3 N–H and O–H groups in total. The minimum absolute atomic E-state index is 0.103. The monoisotopic (exact) mass is 316 g/mol. The van der Waals surface area contributed by atoms with Crippen LogP contribution in [0.3, 0.4) is 0 Å². The molecule has 0 saturated carbocycles. The Morgan fingerprint density at radius 3 is 2.83 bits per heavy atom. The largest absolute Gasteiger partial charge is 0.458 e. The number of furan rings is 1. The molecule has 1 fully saturated rings. The summed E-state index contributed by atoms with van der Waals surface area (Å²) < 4.78 is 5.61. The van der Waals surface area contributed by atoms with Crippen molar-refractivity contribution in [2.24, 2.45) is 5.73 Å². The molecular weight excluding hydrogens is 304 g/mol. The third-order valence-corrected chi connectivity index (χ3v) is 3.65. The van der Waals surface area contributed by atoms with E-state index < -0.39 is 11.5 Å². The van der Waals surface area contributed by atoms with Crippen molar-refractivity contribution >= 4 is 27.7 Å². The van der Waals surface area contributed by atoms with Crippen LogP contribution in [-0.4, -0.2) is 40.5 Å². The first-order chi connectivity index (χ1) is 8.44. The Kier molecular flexibility index (Phi) is 3.45. The zero-order chi connectivity index (χ0) is 13.3. The maximum Gasteiger partial charge on any atom is 0.290 e. The van der Waals surface area contributed by atoms with Crippen molar-refractivity contribution in [1.29, 1.82) is 0 Å². The molecule has 18 heavy (non-hydrogen) atoms. The standard InChI is InChI=1S/C11H13BrN2O4/c12-7-2-5-18-8(7)9(15)14-4-1-3-11(17,6-14)10(13)16/h2,5,17H,1,3-4,6H2,(H2,13,16)/t11-/m1/s1. The minimum Gasteiger partial charge on any atom is -0.458 e. The number of nitrogens with two attached hydrogens (primary N) is 1.